The summed E-state index contributed by atoms with van der Waals surface area (Å²) >= 11 is 0. The van der Waals surface area contributed by atoms with Crippen molar-refractivity contribution >= 4 is 0 Å². The zero-order valence-electron chi connectivity index (χ0n) is 13.4. The van der Waals surface area contributed by atoms with Crippen molar-refractivity contribution < 1.29 is 4.39 Å². The van der Waals surface area contributed by atoms with Crippen LogP contribution in [0.25, 0.3) is 0 Å². The van der Waals surface area contributed by atoms with E-state index in [-0.39, 0.29) is 11.9 Å². The third kappa shape index (κ3) is 4.52. The average molecular weight is 292 g/mol. The average Bonchev–Trinajstić information content (AvgIpc) is 2.53. The van der Waals surface area contributed by atoms with Crippen molar-refractivity contribution in [3.8, 4) is 0 Å². The number of hydrogen-bond donors (Lipinski definition) is 1. The highest BCUT2D eigenvalue weighted by molar-refractivity contribution is 5.21. The van der Waals surface area contributed by atoms with E-state index >= 15 is 0 Å². The first-order chi connectivity index (χ1) is 10.3. The predicted molar refractivity (Wildman–Crippen MR) is 86.9 cm³/mol. The second kappa shape index (κ2) is 8.50. The third-order valence-electron chi connectivity index (χ3n) is 4.65. The first kappa shape index (κ1) is 16.4. The second-order valence-corrected chi connectivity index (χ2v) is 6.01. The summed E-state index contributed by atoms with van der Waals surface area (Å²) in [7, 11) is 0. The Kier molecular flexibility index (Phi) is 6.65. The molecule has 1 aliphatic carbocycles. The molecule has 21 heavy (non-hydrogen) atoms. The number of rotatable bonds is 7. The van der Waals surface area contributed by atoms with Crippen LogP contribution in [0, 0.1) is 5.82 Å². The first-order valence-electron chi connectivity index (χ1n) is 8.48. The molecule has 1 N–H and O–H groups in total. The number of benzene rings is 1. The molecule has 0 aromatic heterocycles. The summed E-state index contributed by atoms with van der Waals surface area (Å²) in [6, 6.07) is 7.93. The molecule has 0 saturated heterocycles. The summed E-state index contributed by atoms with van der Waals surface area (Å²) in [4.78, 5) is 2.54. The van der Waals surface area contributed by atoms with Gasteiger partial charge in [0, 0.05) is 24.2 Å². The highest BCUT2D eigenvalue weighted by atomic mass is 19.1. The quantitative estimate of drug-likeness (QED) is 0.813. The molecule has 0 aliphatic heterocycles. The van der Waals surface area contributed by atoms with E-state index in [1.165, 1.54) is 32.1 Å². The maximum Gasteiger partial charge on any atom is 0.128 e. The molecule has 2 nitrogen and oxygen atoms in total. The molecule has 0 amide bonds. The molecular weight excluding hydrogens is 263 g/mol. The van der Waals surface area contributed by atoms with Gasteiger partial charge in [-0.1, -0.05) is 51.3 Å². The van der Waals surface area contributed by atoms with Gasteiger partial charge in [-0.15, -0.1) is 0 Å². The molecule has 0 spiro atoms. The van der Waals surface area contributed by atoms with Gasteiger partial charge < -0.3 is 5.32 Å². The highest BCUT2D eigenvalue weighted by Crippen LogP contribution is 2.25. The van der Waals surface area contributed by atoms with Crippen molar-refractivity contribution in [2.24, 2.45) is 0 Å². The normalized spacial score (nSPS) is 18.1. The Balaban J connectivity index is 2.08. The van der Waals surface area contributed by atoms with Gasteiger partial charge in [-0.2, -0.15) is 0 Å². The SMILES string of the molecule is CCNC(CN(CC)C1CCCCC1)c1ccccc1F. The zero-order chi connectivity index (χ0) is 15.1. The Bertz CT molecular complexity index is 415. The lowest BCUT2D eigenvalue weighted by Gasteiger charge is -2.36. The van der Waals surface area contributed by atoms with Gasteiger partial charge >= 0.3 is 0 Å². The van der Waals surface area contributed by atoms with Gasteiger partial charge in [0.15, 0.2) is 0 Å². The fourth-order valence-corrected chi connectivity index (χ4v) is 3.49. The number of likely N-dealkylation sites (N-methyl/N-ethyl adjacent to an activating group) is 2. The Morgan fingerprint density at radius 2 is 1.90 bits per heavy atom. The molecule has 1 atom stereocenters. The Labute approximate surface area is 128 Å². The van der Waals surface area contributed by atoms with Gasteiger partial charge in [0.1, 0.15) is 5.82 Å². The maximum atomic E-state index is 14.1. The van der Waals surface area contributed by atoms with E-state index in [9.17, 15) is 4.39 Å². The van der Waals surface area contributed by atoms with E-state index in [4.69, 9.17) is 0 Å². The van der Waals surface area contributed by atoms with E-state index in [2.05, 4.69) is 24.1 Å². The Morgan fingerprint density at radius 3 is 2.52 bits per heavy atom. The van der Waals surface area contributed by atoms with E-state index in [0.717, 1.165) is 25.2 Å². The summed E-state index contributed by atoms with van der Waals surface area (Å²) in [6.07, 6.45) is 6.64. The number of hydrogen-bond acceptors (Lipinski definition) is 2. The number of halogens is 1. The topological polar surface area (TPSA) is 15.3 Å². The summed E-state index contributed by atoms with van der Waals surface area (Å²) in [5.41, 5.74) is 0.800. The smallest absolute Gasteiger partial charge is 0.128 e. The van der Waals surface area contributed by atoms with E-state index in [1.54, 1.807) is 12.1 Å². The summed E-state index contributed by atoms with van der Waals surface area (Å²) < 4.78 is 14.1. The standard InChI is InChI=1S/C18H29FN2/c1-3-20-18(16-12-8-9-13-17(16)19)14-21(4-2)15-10-6-5-7-11-15/h8-9,12-13,15,18,20H,3-7,10-11,14H2,1-2H3. The van der Waals surface area contributed by atoms with Crippen LogP contribution < -0.4 is 5.32 Å². The second-order valence-electron chi connectivity index (χ2n) is 6.01. The largest absolute Gasteiger partial charge is 0.309 e. The van der Waals surface area contributed by atoms with Crippen molar-refractivity contribution in [3.05, 3.63) is 35.6 Å². The molecule has 1 fully saturated rings. The highest BCUT2D eigenvalue weighted by Gasteiger charge is 2.24. The minimum atomic E-state index is -0.0943. The lowest BCUT2D eigenvalue weighted by Crippen LogP contribution is -2.42. The summed E-state index contributed by atoms with van der Waals surface area (Å²) in [5.74, 6) is -0.0943. The first-order valence-corrected chi connectivity index (χ1v) is 8.48. The number of nitrogens with one attached hydrogen (secondary N) is 1. The Morgan fingerprint density at radius 1 is 1.19 bits per heavy atom. The van der Waals surface area contributed by atoms with Crippen molar-refractivity contribution in [3.63, 3.8) is 0 Å². The van der Waals surface area contributed by atoms with Crippen LogP contribution >= 0.6 is 0 Å². The van der Waals surface area contributed by atoms with E-state index in [1.807, 2.05) is 12.1 Å². The van der Waals surface area contributed by atoms with Gasteiger partial charge in [0.25, 0.3) is 0 Å². The molecule has 1 aliphatic rings. The monoisotopic (exact) mass is 292 g/mol. The van der Waals surface area contributed by atoms with Gasteiger partial charge in [-0.05, 0) is 32.0 Å². The predicted octanol–water partition coefficient (Wildman–Crippen LogP) is 4.13. The fourth-order valence-electron chi connectivity index (χ4n) is 3.49. The van der Waals surface area contributed by atoms with Crippen LogP contribution in [-0.2, 0) is 0 Å². The molecule has 1 saturated carbocycles. The maximum absolute atomic E-state index is 14.1. The lowest BCUT2D eigenvalue weighted by molar-refractivity contribution is 0.147. The number of nitrogens with zero attached hydrogens (tertiary/aromatic N) is 1. The zero-order valence-corrected chi connectivity index (χ0v) is 13.4. The van der Waals surface area contributed by atoms with Crippen molar-refractivity contribution in [1.82, 2.24) is 10.2 Å². The Hall–Kier alpha value is -0.930. The van der Waals surface area contributed by atoms with Gasteiger partial charge in [0.05, 0.1) is 0 Å². The van der Waals surface area contributed by atoms with Crippen LogP contribution in [0.15, 0.2) is 24.3 Å². The molecule has 3 heteroatoms. The van der Waals surface area contributed by atoms with Gasteiger partial charge in [-0.25, -0.2) is 4.39 Å². The van der Waals surface area contributed by atoms with Crippen molar-refractivity contribution in [2.45, 2.75) is 58.0 Å². The molecule has 0 radical (unpaired) electrons. The fraction of sp³-hybridized carbons (Fsp3) is 0.667. The van der Waals surface area contributed by atoms with Crippen LogP contribution in [0.5, 0.6) is 0 Å². The molecule has 1 unspecified atom stereocenters. The summed E-state index contributed by atoms with van der Waals surface area (Å²) in [5, 5.41) is 3.46. The minimum absolute atomic E-state index is 0.0816. The molecule has 0 bridgehead atoms. The van der Waals surface area contributed by atoms with Gasteiger partial charge in [-0.3, -0.25) is 4.90 Å². The molecule has 0 heterocycles. The third-order valence-corrected chi connectivity index (χ3v) is 4.65. The van der Waals surface area contributed by atoms with Gasteiger partial charge in [0.2, 0.25) is 0 Å². The van der Waals surface area contributed by atoms with Crippen LogP contribution in [-0.4, -0.2) is 30.6 Å². The molecular formula is C18H29FN2. The molecule has 118 valence electrons. The van der Waals surface area contributed by atoms with E-state index in [0.29, 0.717) is 6.04 Å². The lowest BCUT2D eigenvalue weighted by atomic mass is 9.93. The molecule has 1 aromatic carbocycles. The van der Waals surface area contributed by atoms with Crippen LogP contribution in [0.4, 0.5) is 4.39 Å². The van der Waals surface area contributed by atoms with Crippen molar-refractivity contribution in [2.75, 3.05) is 19.6 Å². The van der Waals surface area contributed by atoms with Crippen LogP contribution in [0.1, 0.15) is 57.6 Å². The van der Waals surface area contributed by atoms with Crippen LogP contribution in [0.2, 0.25) is 0 Å². The molecule has 1 aromatic rings. The molecule has 2 rings (SSSR count). The minimum Gasteiger partial charge on any atom is -0.309 e. The van der Waals surface area contributed by atoms with E-state index < -0.39 is 0 Å². The van der Waals surface area contributed by atoms with Crippen LogP contribution in [0.3, 0.4) is 0 Å². The van der Waals surface area contributed by atoms with Crippen molar-refractivity contribution in [1.29, 1.82) is 0 Å². The summed E-state index contributed by atoms with van der Waals surface area (Å²) in [6.45, 7) is 7.11.